The van der Waals surface area contributed by atoms with Crippen molar-refractivity contribution < 1.29 is 9.90 Å². The van der Waals surface area contributed by atoms with E-state index < -0.39 is 5.97 Å². The summed E-state index contributed by atoms with van der Waals surface area (Å²) in [6, 6.07) is 6.84. The van der Waals surface area contributed by atoms with Crippen molar-refractivity contribution in [2.24, 2.45) is 0 Å². The van der Waals surface area contributed by atoms with E-state index in [1.54, 1.807) is 24.4 Å². The number of carboxylic acids is 1. The second kappa shape index (κ2) is 6.21. The first-order valence-corrected chi connectivity index (χ1v) is 6.28. The van der Waals surface area contributed by atoms with Gasteiger partial charge in [-0.15, -0.1) is 0 Å². The molecule has 0 spiro atoms. The Balaban J connectivity index is 0.000000169. The molecule has 0 radical (unpaired) electrons. The third-order valence-corrected chi connectivity index (χ3v) is 3.01. The standard InChI is InChI=1S/C9H7NO2.C5H11N/c11-9(12)7-1-2-8-6(5-7)3-4-10-8;1-2-4-6-5-3-1/h1-5,10H,(H,11,12);6H,1-5H2. The maximum Gasteiger partial charge on any atom is 0.335 e. The Labute approximate surface area is 106 Å². The van der Waals surface area contributed by atoms with Gasteiger partial charge in [0.2, 0.25) is 0 Å². The molecule has 0 bridgehead atoms. The molecular formula is C14H18N2O2. The van der Waals surface area contributed by atoms with Crippen LogP contribution in [-0.4, -0.2) is 29.1 Å². The van der Waals surface area contributed by atoms with Crippen molar-refractivity contribution >= 4 is 16.9 Å². The molecule has 0 saturated carbocycles. The number of piperidine rings is 1. The van der Waals surface area contributed by atoms with Crippen LogP contribution in [0.25, 0.3) is 10.9 Å². The number of aromatic amines is 1. The molecule has 0 amide bonds. The van der Waals surface area contributed by atoms with E-state index in [1.165, 1.54) is 32.4 Å². The van der Waals surface area contributed by atoms with Gasteiger partial charge in [0.05, 0.1) is 5.56 Å². The molecule has 0 aliphatic carbocycles. The van der Waals surface area contributed by atoms with Crippen LogP contribution in [0, 0.1) is 0 Å². The Hall–Kier alpha value is -1.81. The molecule has 4 heteroatoms. The maximum atomic E-state index is 10.6. The van der Waals surface area contributed by atoms with E-state index in [1.807, 2.05) is 6.07 Å². The third kappa shape index (κ3) is 3.34. The highest BCUT2D eigenvalue weighted by atomic mass is 16.4. The van der Waals surface area contributed by atoms with E-state index in [9.17, 15) is 4.79 Å². The number of rotatable bonds is 1. The molecule has 1 aromatic heterocycles. The Bertz CT molecular complexity index is 504. The summed E-state index contributed by atoms with van der Waals surface area (Å²) in [5.74, 6) is -0.891. The number of carboxylic acid groups (broad SMARTS) is 1. The molecule has 1 saturated heterocycles. The molecule has 4 nitrogen and oxygen atoms in total. The number of nitrogens with one attached hydrogen (secondary N) is 2. The zero-order valence-corrected chi connectivity index (χ0v) is 10.3. The molecule has 3 rings (SSSR count). The van der Waals surface area contributed by atoms with Crippen molar-refractivity contribution in [2.75, 3.05) is 13.1 Å². The number of hydrogen-bond acceptors (Lipinski definition) is 2. The average Bonchev–Trinajstić information content (AvgIpc) is 2.88. The number of aromatic carboxylic acids is 1. The van der Waals surface area contributed by atoms with Crippen molar-refractivity contribution in [3.05, 3.63) is 36.0 Å². The smallest absolute Gasteiger partial charge is 0.335 e. The fourth-order valence-corrected chi connectivity index (χ4v) is 1.99. The Morgan fingerprint density at radius 1 is 1.11 bits per heavy atom. The SMILES string of the molecule is C1CCNCC1.O=C(O)c1ccc2[nH]ccc2c1. The lowest BCUT2D eigenvalue weighted by molar-refractivity contribution is 0.0697. The summed E-state index contributed by atoms with van der Waals surface area (Å²) in [5.41, 5.74) is 1.28. The highest BCUT2D eigenvalue weighted by Gasteiger charge is 2.02. The highest BCUT2D eigenvalue weighted by molar-refractivity contribution is 5.93. The summed E-state index contributed by atoms with van der Waals surface area (Å²) in [4.78, 5) is 13.5. The Morgan fingerprint density at radius 3 is 2.44 bits per heavy atom. The summed E-state index contributed by atoms with van der Waals surface area (Å²) < 4.78 is 0. The van der Waals surface area contributed by atoms with Crippen molar-refractivity contribution in [3.8, 4) is 0 Å². The first-order valence-electron chi connectivity index (χ1n) is 6.28. The van der Waals surface area contributed by atoms with Gasteiger partial charge in [-0.1, -0.05) is 6.42 Å². The molecule has 96 valence electrons. The first kappa shape index (κ1) is 12.6. The predicted molar refractivity (Wildman–Crippen MR) is 72.0 cm³/mol. The third-order valence-electron chi connectivity index (χ3n) is 3.01. The van der Waals surface area contributed by atoms with Crippen LogP contribution in [0.1, 0.15) is 29.6 Å². The summed E-state index contributed by atoms with van der Waals surface area (Å²) in [6.07, 6.45) is 6.00. The molecule has 3 N–H and O–H groups in total. The van der Waals surface area contributed by atoms with Crippen LogP contribution in [0.3, 0.4) is 0 Å². The summed E-state index contributed by atoms with van der Waals surface area (Å²) in [6.45, 7) is 2.50. The minimum absolute atomic E-state index is 0.321. The second-order valence-corrected chi connectivity index (χ2v) is 4.40. The topological polar surface area (TPSA) is 65.1 Å². The van der Waals surface area contributed by atoms with Gasteiger partial charge >= 0.3 is 5.97 Å². The van der Waals surface area contributed by atoms with E-state index in [-0.39, 0.29) is 0 Å². The molecule has 2 heterocycles. The van der Waals surface area contributed by atoms with Gasteiger partial charge in [-0.05, 0) is 50.2 Å². The molecule has 1 aromatic carbocycles. The van der Waals surface area contributed by atoms with Crippen LogP contribution in [0.2, 0.25) is 0 Å². The number of hydrogen-bond donors (Lipinski definition) is 3. The van der Waals surface area contributed by atoms with Gasteiger partial charge in [0.25, 0.3) is 0 Å². The number of aromatic nitrogens is 1. The Kier molecular flexibility index (Phi) is 4.36. The fourth-order valence-electron chi connectivity index (χ4n) is 1.99. The van der Waals surface area contributed by atoms with Gasteiger partial charge in [0.1, 0.15) is 0 Å². The van der Waals surface area contributed by atoms with Crippen LogP contribution < -0.4 is 5.32 Å². The van der Waals surface area contributed by atoms with Gasteiger partial charge in [-0.3, -0.25) is 0 Å². The van der Waals surface area contributed by atoms with E-state index >= 15 is 0 Å². The minimum atomic E-state index is -0.891. The fraction of sp³-hybridized carbons (Fsp3) is 0.357. The van der Waals surface area contributed by atoms with E-state index in [2.05, 4.69) is 10.3 Å². The van der Waals surface area contributed by atoms with Crippen molar-refractivity contribution in [2.45, 2.75) is 19.3 Å². The number of H-pyrrole nitrogens is 1. The molecule has 0 unspecified atom stereocenters. The van der Waals surface area contributed by atoms with Gasteiger partial charge in [-0.25, -0.2) is 4.79 Å². The normalized spacial score (nSPS) is 14.9. The monoisotopic (exact) mass is 246 g/mol. The van der Waals surface area contributed by atoms with Crippen LogP contribution in [0.5, 0.6) is 0 Å². The van der Waals surface area contributed by atoms with E-state index in [4.69, 9.17) is 5.11 Å². The molecule has 1 aliphatic heterocycles. The summed E-state index contributed by atoms with van der Waals surface area (Å²) in [7, 11) is 0. The zero-order valence-electron chi connectivity index (χ0n) is 10.3. The molecule has 0 atom stereocenters. The maximum absolute atomic E-state index is 10.6. The quantitative estimate of drug-likeness (QED) is 0.724. The number of fused-ring (bicyclic) bond motifs is 1. The minimum Gasteiger partial charge on any atom is -0.478 e. The molecule has 2 aromatic rings. The zero-order chi connectivity index (χ0) is 12.8. The lowest BCUT2D eigenvalue weighted by Gasteiger charge is -2.08. The number of benzene rings is 1. The average molecular weight is 246 g/mol. The van der Waals surface area contributed by atoms with Crippen molar-refractivity contribution in [3.63, 3.8) is 0 Å². The Morgan fingerprint density at radius 2 is 1.89 bits per heavy atom. The summed E-state index contributed by atoms with van der Waals surface area (Å²) >= 11 is 0. The summed E-state index contributed by atoms with van der Waals surface area (Å²) in [5, 5.41) is 12.9. The van der Waals surface area contributed by atoms with Crippen molar-refractivity contribution in [1.29, 1.82) is 0 Å². The van der Waals surface area contributed by atoms with Crippen molar-refractivity contribution in [1.82, 2.24) is 10.3 Å². The van der Waals surface area contributed by atoms with Gasteiger partial charge < -0.3 is 15.4 Å². The predicted octanol–water partition coefficient (Wildman–Crippen LogP) is 2.63. The van der Waals surface area contributed by atoms with Gasteiger partial charge in [-0.2, -0.15) is 0 Å². The lowest BCUT2D eigenvalue weighted by atomic mass is 10.1. The van der Waals surface area contributed by atoms with Crippen LogP contribution in [-0.2, 0) is 0 Å². The first-order chi connectivity index (χ1) is 8.77. The number of carbonyl (C=O) groups is 1. The van der Waals surface area contributed by atoms with Crippen LogP contribution in [0.15, 0.2) is 30.5 Å². The van der Waals surface area contributed by atoms with E-state index in [0.717, 1.165) is 10.9 Å². The van der Waals surface area contributed by atoms with Gasteiger partial charge in [0.15, 0.2) is 0 Å². The lowest BCUT2D eigenvalue weighted by Crippen LogP contribution is -2.21. The molecular weight excluding hydrogens is 228 g/mol. The highest BCUT2D eigenvalue weighted by Crippen LogP contribution is 2.13. The molecule has 1 fully saturated rings. The van der Waals surface area contributed by atoms with Crippen LogP contribution in [0.4, 0.5) is 0 Å². The second-order valence-electron chi connectivity index (χ2n) is 4.40. The van der Waals surface area contributed by atoms with E-state index in [0.29, 0.717) is 5.56 Å². The molecule has 1 aliphatic rings. The largest absolute Gasteiger partial charge is 0.478 e. The van der Waals surface area contributed by atoms with Crippen LogP contribution >= 0.6 is 0 Å². The van der Waals surface area contributed by atoms with Gasteiger partial charge in [0, 0.05) is 17.1 Å². The molecule has 18 heavy (non-hydrogen) atoms.